The van der Waals surface area contributed by atoms with Crippen LogP contribution in [0.15, 0.2) is 18.2 Å². The normalized spacial score (nSPS) is 11.6. The maximum atomic E-state index is 12.5. The molecule has 0 saturated heterocycles. The minimum absolute atomic E-state index is 0.0208. The van der Waals surface area contributed by atoms with Crippen molar-refractivity contribution < 1.29 is 22.7 Å². The maximum absolute atomic E-state index is 12.5. The predicted octanol–water partition coefficient (Wildman–Crippen LogP) is 2.15. The van der Waals surface area contributed by atoms with Crippen LogP contribution in [-0.4, -0.2) is 27.8 Å². The Kier molecular flexibility index (Phi) is 3.82. The number of fused-ring (bicyclic) bond motifs is 1. The van der Waals surface area contributed by atoms with Crippen molar-refractivity contribution in [1.29, 1.82) is 0 Å². The summed E-state index contributed by atoms with van der Waals surface area (Å²) in [6, 6.07) is 2.97. The van der Waals surface area contributed by atoms with Crippen molar-refractivity contribution in [1.82, 2.24) is 15.2 Å². The van der Waals surface area contributed by atoms with Crippen molar-refractivity contribution in [2.24, 2.45) is 0 Å². The Labute approximate surface area is 111 Å². The van der Waals surface area contributed by atoms with Gasteiger partial charge in [0.2, 0.25) is 0 Å². The number of hydrogen-bond acceptors (Lipinski definition) is 5. The second-order valence-electron chi connectivity index (χ2n) is 3.91. The largest absolute Gasteiger partial charge is 0.466 e. The zero-order valence-corrected chi connectivity index (χ0v) is 10.4. The van der Waals surface area contributed by atoms with Crippen LogP contribution in [0.2, 0.25) is 0 Å². The molecule has 5 nitrogen and oxygen atoms in total. The smallest absolute Gasteiger partial charge is 0.416 e. The van der Waals surface area contributed by atoms with Crippen LogP contribution in [0.5, 0.6) is 0 Å². The van der Waals surface area contributed by atoms with Crippen molar-refractivity contribution >= 4 is 17.0 Å². The molecular weight excluding hydrogens is 275 g/mol. The second kappa shape index (κ2) is 5.40. The molecule has 0 radical (unpaired) electrons. The molecule has 0 aliphatic carbocycles. The Bertz CT molecular complexity index is 643. The number of rotatable bonds is 3. The molecule has 0 aliphatic rings. The Morgan fingerprint density at radius 2 is 2.00 bits per heavy atom. The minimum Gasteiger partial charge on any atom is -0.466 e. The average Bonchev–Trinajstić information content (AvgIpc) is 2.37. The number of hydrogen-bond donors (Lipinski definition) is 0. The number of ether oxygens (including phenoxy) is 1. The Morgan fingerprint density at radius 3 is 2.65 bits per heavy atom. The lowest BCUT2D eigenvalue weighted by Crippen LogP contribution is -2.11. The van der Waals surface area contributed by atoms with Crippen molar-refractivity contribution in [3.05, 3.63) is 29.6 Å². The van der Waals surface area contributed by atoms with Gasteiger partial charge in [-0.1, -0.05) is 0 Å². The van der Waals surface area contributed by atoms with Crippen LogP contribution in [0.3, 0.4) is 0 Å². The van der Waals surface area contributed by atoms with Gasteiger partial charge in [-0.15, -0.1) is 10.2 Å². The van der Waals surface area contributed by atoms with Gasteiger partial charge in [0.05, 0.1) is 17.7 Å². The number of alkyl halides is 3. The Hall–Kier alpha value is -2.25. The molecule has 0 aliphatic heterocycles. The lowest BCUT2D eigenvalue weighted by Gasteiger charge is -2.07. The molecule has 1 aromatic heterocycles. The van der Waals surface area contributed by atoms with Gasteiger partial charge >= 0.3 is 12.1 Å². The van der Waals surface area contributed by atoms with Crippen molar-refractivity contribution in [3.8, 4) is 0 Å². The van der Waals surface area contributed by atoms with Gasteiger partial charge in [0, 0.05) is 0 Å². The first kappa shape index (κ1) is 14.2. The third-order valence-electron chi connectivity index (χ3n) is 2.43. The molecule has 0 atom stereocenters. The van der Waals surface area contributed by atoms with Crippen LogP contribution in [0, 0.1) is 0 Å². The quantitative estimate of drug-likeness (QED) is 0.808. The van der Waals surface area contributed by atoms with Gasteiger partial charge in [-0.05, 0) is 25.1 Å². The highest BCUT2D eigenvalue weighted by Gasteiger charge is 2.30. The molecule has 0 spiro atoms. The standard InChI is InChI=1S/C12H10F3N3O2/c1-2-20-11(19)6-10-16-8-4-3-7(12(13,14)15)5-9(8)17-18-10/h3-5H,2,6H2,1H3. The van der Waals surface area contributed by atoms with Gasteiger partial charge in [0.1, 0.15) is 11.9 Å². The molecule has 1 aromatic carbocycles. The molecule has 2 aromatic rings. The van der Waals surface area contributed by atoms with E-state index in [1.54, 1.807) is 6.92 Å². The first-order valence-electron chi connectivity index (χ1n) is 5.76. The minimum atomic E-state index is -4.44. The molecule has 20 heavy (non-hydrogen) atoms. The molecule has 0 bridgehead atoms. The number of nitrogens with zero attached hydrogens (tertiary/aromatic N) is 3. The topological polar surface area (TPSA) is 65.0 Å². The molecule has 0 unspecified atom stereocenters. The molecule has 0 saturated carbocycles. The summed E-state index contributed by atoms with van der Waals surface area (Å²) >= 11 is 0. The van der Waals surface area contributed by atoms with E-state index in [4.69, 9.17) is 4.74 Å². The highest BCUT2D eigenvalue weighted by atomic mass is 19.4. The number of halogens is 3. The molecule has 0 amide bonds. The third kappa shape index (κ3) is 3.19. The van der Waals surface area contributed by atoms with Crippen LogP contribution in [0.4, 0.5) is 13.2 Å². The number of aromatic nitrogens is 3. The SMILES string of the molecule is CCOC(=O)Cc1nnc2cc(C(F)(F)F)ccc2n1. The number of carbonyl (C=O) groups is 1. The summed E-state index contributed by atoms with van der Waals surface area (Å²) in [6.45, 7) is 1.89. The number of esters is 1. The summed E-state index contributed by atoms with van der Waals surface area (Å²) in [5, 5.41) is 7.27. The third-order valence-corrected chi connectivity index (χ3v) is 2.43. The fraction of sp³-hybridized carbons (Fsp3) is 0.333. The first-order valence-corrected chi connectivity index (χ1v) is 5.76. The molecular formula is C12H10F3N3O2. The zero-order valence-electron chi connectivity index (χ0n) is 10.4. The van der Waals surface area contributed by atoms with E-state index in [-0.39, 0.29) is 29.9 Å². The van der Waals surface area contributed by atoms with Gasteiger partial charge in [0.25, 0.3) is 0 Å². The summed E-state index contributed by atoms with van der Waals surface area (Å²) in [6.07, 6.45) is -4.61. The van der Waals surface area contributed by atoms with Gasteiger partial charge in [-0.25, -0.2) is 4.98 Å². The van der Waals surface area contributed by atoms with Crippen molar-refractivity contribution in [3.63, 3.8) is 0 Å². The van der Waals surface area contributed by atoms with Gasteiger partial charge in [-0.3, -0.25) is 4.79 Å². The monoisotopic (exact) mass is 285 g/mol. The summed E-state index contributed by atoms with van der Waals surface area (Å²) in [4.78, 5) is 15.2. The fourth-order valence-electron chi connectivity index (χ4n) is 1.56. The van der Waals surface area contributed by atoms with E-state index in [0.717, 1.165) is 12.1 Å². The highest BCUT2D eigenvalue weighted by molar-refractivity contribution is 5.76. The Balaban J connectivity index is 2.30. The number of benzene rings is 1. The summed E-state index contributed by atoms with van der Waals surface area (Å²) in [7, 11) is 0. The van der Waals surface area contributed by atoms with Crippen LogP contribution in [-0.2, 0) is 22.1 Å². The lowest BCUT2D eigenvalue weighted by atomic mass is 10.2. The molecule has 0 fully saturated rings. The zero-order chi connectivity index (χ0) is 14.8. The van der Waals surface area contributed by atoms with Gasteiger partial charge < -0.3 is 4.74 Å². The lowest BCUT2D eigenvalue weighted by molar-refractivity contribution is -0.142. The second-order valence-corrected chi connectivity index (χ2v) is 3.91. The van der Waals surface area contributed by atoms with Crippen LogP contribution >= 0.6 is 0 Å². The van der Waals surface area contributed by atoms with Gasteiger partial charge in [-0.2, -0.15) is 13.2 Å². The van der Waals surface area contributed by atoms with E-state index in [2.05, 4.69) is 15.2 Å². The van der Waals surface area contributed by atoms with Gasteiger partial charge in [0.15, 0.2) is 5.82 Å². The van der Waals surface area contributed by atoms with Crippen molar-refractivity contribution in [2.75, 3.05) is 6.61 Å². The molecule has 1 heterocycles. The van der Waals surface area contributed by atoms with E-state index in [0.29, 0.717) is 0 Å². The average molecular weight is 285 g/mol. The molecule has 2 rings (SSSR count). The van der Waals surface area contributed by atoms with E-state index >= 15 is 0 Å². The van der Waals surface area contributed by atoms with E-state index in [1.165, 1.54) is 6.07 Å². The van der Waals surface area contributed by atoms with E-state index in [9.17, 15) is 18.0 Å². The predicted molar refractivity (Wildman–Crippen MR) is 62.7 cm³/mol. The summed E-state index contributed by atoms with van der Waals surface area (Å²) in [5.41, 5.74) is -0.557. The maximum Gasteiger partial charge on any atom is 0.416 e. The fourth-order valence-corrected chi connectivity index (χ4v) is 1.56. The van der Waals surface area contributed by atoms with E-state index < -0.39 is 17.7 Å². The van der Waals surface area contributed by atoms with E-state index in [1.807, 2.05) is 0 Å². The van der Waals surface area contributed by atoms with Crippen LogP contribution in [0.1, 0.15) is 18.3 Å². The van der Waals surface area contributed by atoms with Crippen LogP contribution < -0.4 is 0 Å². The molecule has 8 heteroatoms. The summed E-state index contributed by atoms with van der Waals surface area (Å²) in [5.74, 6) is -0.406. The molecule has 106 valence electrons. The summed E-state index contributed by atoms with van der Waals surface area (Å²) < 4.78 is 42.3. The molecule has 0 N–H and O–H groups in total. The van der Waals surface area contributed by atoms with Crippen molar-refractivity contribution in [2.45, 2.75) is 19.5 Å². The highest BCUT2D eigenvalue weighted by Crippen LogP contribution is 2.30. The first-order chi connectivity index (χ1) is 9.40. The number of carbonyl (C=O) groups excluding carboxylic acids is 1. The Morgan fingerprint density at radius 1 is 1.25 bits per heavy atom. The van der Waals surface area contributed by atoms with Crippen LogP contribution in [0.25, 0.3) is 11.0 Å².